The lowest BCUT2D eigenvalue weighted by Gasteiger charge is -2.15. The number of aryl methyl sites for hydroxylation is 1. The highest BCUT2D eigenvalue weighted by Gasteiger charge is 2.18. The maximum absolute atomic E-state index is 12.5. The Labute approximate surface area is 122 Å². The molecular weight excluding hydrogens is 264 g/mol. The minimum Gasteiger partial charge on any atom is -0.451 e. The Bertz CT molecular complexity index is 803. The number of hydrogen-bond donors (Lipinski definition) is 1. The molecule has 3 rings (SSSR count). The first-order chi connectivity index (χ1) is 10.0. The minimum atomic E-state index is -0.186. The Hall–Kier alpha value is -2.75. The number of nitrogens with two attached hydrogens (primary N) is 1. The standard InChI is InChI=1S/C17H16N2O2/c1-11-3-8-15-12(9-11)10-16(21-15)17(20)19(2)14-6-4-13(18)5-7-14/h3-10H,18H2,1-2H3. The second-order valence-corrected chi connectivity index (χ2v) is 5.11. The van der Waals surface area contributed by atoms with Gasteiger partial charge in [-0.1, -0.05) is 11.6 Å². The predicted octanol–water partition coefficient (Wildman–Crippen LogP) is 3.60. The van der Waals surface area contributed by atoms with Crippen molar-refractivity contribution in [3.05, 3.63) is 59.9 Å². The number of benzene rings is 2. The molecule has 0 fully saturated rings. The van der Waals surface area contributed by atoms with Crippen LogP contribution in [-0.4, -0.2) is 13.0 Å². The van der Waals surface area contributed by atoms with Gasteiger partial charge in [0.15, 0.2) is 5.76 Å². The fourth-order valence-electron chi connectivity index (χ4n) is 2.25. The van der Waals surface area contributed by atoms with E-state index in [1.807, 2.05) is 25.1 Å². The summed E-state index contributed by atoms with van der Waals surface area (Å²) in [5.74, 6) is 0.142. The second-order valence-electron chi connectivity index (χ2n) is 5.11. The average molecular weight is 280 g/mol. The number of carbonyl (C=O) groups is 1. The average Bonchev–Trinajstić information content (AvgIpc) is 2.89. The molecule has 0 saturated carbocycles. The second kappa shape index (κ2) is 4.98. The van der Waals surface area contributed by atoms with Crippen molar-refractivity contribution in [2.75, 3.05) is 17.7 Å². The number of nitrogen functional groups attached to an aromatic ring is 1. The Morgan fingerprint density at radius 2 is 1.81 bits per heavy atom. The predicted molar refractivity (Wildman–Crippen MR) is 84.5 cm³/mol. The summed E-state index contributed by atoms with van der Waals surface area (Å²) in [7, 11) is 1.71. The van der Waals surface area contributed by atoms with Gasteiger partial charge in [0.1, 0.15) is 5.58 Å². The molecule has 0 bridgehead atoms. The van der Waals surface area contributed by atoms with Gasteiger partial charge < -0.3 is 15.1 Å². The van der Waals surface area contributed by atoms with Gasteiger partial charge in [-0.15, -0.1) is 0 Å². The molecule has 0 saturated heterocycles. The number of furan rings is 1. The lowest BCUT2D eigenvalue weighted by Crippen LogP contribution is -2.25. The van der Waals surface area contributed by atoms with Crippen LogP contribution >= 0.6 is 0 Å². The topological polar surface area (TPSA) is 59.5 Å². The molecule has 0 aliphatic rings. The smallest absolute Gasteiger partial charge is 0.293 e. The summed E-state index contributed by atoms with van der Waals surface area (Å²) in [6.07, 6.45) is 0. The Morgan fingerprint density at radius 1 is 1.10 bits per heavy atom. The van der Waals surface area contributed by atoms with Gasteiger partial charge in [-0.25, -0.2) is 0 Å². The molecule has 4 nitrogen and oxygen atoms in total. The van der Waals surface area contributed by atoms with Gasteiger partial charge in [-0.2, -0.15) is 0 Å². The van der Waals surface area contributed by atoms with Crippen molar-refractivity contribution in [1.82, 2.24) is 0 Å². The van der Waals surface area contributed by atoms with Crippen LogP contribution in [0.4, 0.5) is 11.4 Å². The Morgan fingerprint density at radius 3 is 2.52 bits per heavy atom. The minimum absolute atomic E-state index is 0.186. The summed E-state index contributed by atoms with van der Waals surface area (Å²) >= 11 is 0. The molecule has 1 amide bonds. The number of carbonyl (C=O) groups excluding carboxylic acids is 1. The van der Waals surface area contributed by atoms with Crippen molar-refractivity contribution in [1.29, 1.82) is 0 Å². The molecule has 0 atom stereocenters. The van der Waals surface area contributed by atoms with Gasteiger partial charge in [0.25, 0.3) is 5.91 Å². The number of anilines is 2. The number of rotatable bonds is 2. The summed E-state index contributed by atoms with van der Waals surface area (Å²) in [5, 5.41) is 0.934. The van der Waals surface area contributed by atoms with Gasteiger partial charge in [-0.3, -0.25) is 4.79 Å². The lowest BCUT2D eigenvalue weighted by molar-refractivity contribution is 0.0968. The zero-order chi connectivity index (χ0) is 15.0. The largest absolute Gasteiger partial charge is 0.451 e. The molecule has 1 heterocycles. The van der Waals surface area contributed by atoms with Crippen LogP contribution in [0.5, 0.6) is 0 Å². The van der Waals surface area contributed by atoms with Crippen LogP contribution in [0.1, 0.15) is 16.1 Å². The highest BCUT2D eigenvalue weighted by Crippen LogP contribution is 2.23. The zero-order valence-corrected chi connectivity index (χ0v) is 12.0. The summed E-state index contributed by atoms with van der Waals surface area (Å²) in [6, 6.07) is 14.8. The van der Waals surface area contributed by atoms with E-state index in [0.29, 0.717) is 11.4 Å². The van der Waals surface area contributed by atoms with Gasteiger partial charge in [0.2, 0.25) is 0 Å². The summed E-state index contributed by atoms with van der Waals surface area (Å²) in [5.41, 5.74) is 8.94. The molecule has 1 aromatic heterocycles. The van der Waals surface area contributed by atoms with Crippen molar-refractivity contribution in [3.63, 3.8) is 0 Å². The van der Waals surface area contributed by atoms with Crippen molar-refractivity contribution in [3.8, 4) is 0 Å². The number of hydrogen-bond acceptors (Lipinski definition) is 3. The third-order valence-corrected chi connectivity index (χ3v) is 3.47. The van der Waals surface area contributed by atoms with E-state index in [4.69, 9.17) is 10.2 Å². The van der Waals surface area contributed by atoms with E-state index in [-0.39, 0.29) is 5.91 Å². The molecule has 2 aromatic carbocycles. The van der Waals surface area contributed by atoms with Crippen LogP contribution in [0.2, 0.25) is 0 Å². The van der Waals surface area contributed by atoms with E-state index in [1.165, 1.54) is 0 Å². The van der Waals surface area contributed by atoms with E-state index in [9.17, 15) is 4.79 Å². The maximum atomic E-state index is 12.5. The lowest BCUT2D eigenvalue weighted by atomic mass is 10.2. The normalized spacial score (nSPS) is 10.8. The van der Waals surface area contributed by atoms with Gasteiger partial charge in [0, 0.05) is 23.8 Å². The number of nitrogens with zero attached hydrogens (tertiary/aromatic N) is 1. The molecule has 0 spiro atoms. The molecule has 106 valence electrons. The monoisotopic (exact) mass is 280 g/mol. The Balaban J connectivity index is 1.94. The van der Waals surface area contributed by atoms with Crippen molar-refractivity contribution < 1.29 is 9.21 Å². The van der Waals surface area contributed by atoms with Gasteiger partial charge in [0.05, 0.1) is 0 Å². The molecule has 21 heavy (non-hydrogen) atoms. The van der Waals surface area contributed by atoms with Crippen LogP contribution in [0.15, 0.2) is 52.9 Å². The maximum Gasteiger partial charge on any atom is 0.293 e. The zero-order valence-electron chi connectivity index (χ0n) is 12.0. The molecular formula is C17H16N2O2. The van der Waals surface area contributed by atoms with Crippen molar-refractivity contribution >= 4 is 28.3 Å². The molecule has 4 heteroatoms. The van der Waals surface area contributed by atoms with Crippen LogP contribution in [0.3, 0.4) is 0 Å². The first-order valence-electron chi connectivity index (χ1n) is 6.68. The molecule has 2 N–H and O–H groups in total. The van der Waals surface area contributed by atoms with E-state index in [0.717, 1.165) is 22.2 Å². The SMILES string of the molecule is Cc1ccc2oc(C(=O)N(C)c3ccc(N)cc3)cc2c1. The van der Waals surface area contributed by atoms with Gasteiger partial charge >= 0.3 is 0 Å². The first-order valence-corrected chi connectivity index (χ1v) is 6.68. The summed E-state index contributed by atoms with van der Waals surface area (Å²) < 4.78 is 5.64. The summed E-state index contributed by atoms with van der Waals surface area (Å²) in [4.78, 5) is 14.0. The van der Waals surface area contributed by atoms with E-state index in [2.05, 4.69) is 0 Å². The fourth-order valence-corrected chi connectivity index (χ4v) is 2.25. The summed E-state index contributed by atoms with van der Waals surface area (Å²) in [6.45, 7) is 2.01. The Kier molecular flexibility index (Phi) is 3.14. The molecule has 0 aliphatic heterocycles. The third-order valence-electron chi connectivity index (χ3n) is 3.47. The highest BCUT2D eigenvalue weighted by molar-refractivity contribution is 6.06. The molecule has 0 radical (unpaired) electrons. The van der Waals surface area contributed by atoms with Gasteiger partial charge in [-0.05, 0) is 49.4 Å². The van der Waals surface area contributed by atoms with E-state index < -0.39 is 0 Å². The van der Waals surface area contributed by atoms with Crippen LogP contribution in [-0.2, 0) is 0 Å². The number of amides is 1. The van der Waals surface area contributed by atoms with Crippen molar-refractivity contribution in [2.24, 2.45) is 0 Å². The van der Waals surface area contributed by atoms with E-state index in [1.54, 1.807) is 42.3 Å². The third kappa shape index (κ3) is 2.48. The van der Waals surface area contributed by atoms with Crippen LogP contribution in [0.25, 0.3) is 11.0 Å². The molecule has 0 unspecified atom stereocenters. The molecule has 0 aliphatic carbocycles. The highest BCUT2D eigenvalue weighted by atomic mass is 16.3. The number of fused-ring (bicyclic) bond motifs is 1. The van der Waals surface area contributed by atoms with Crippen molar-refractivity contribution in [2.45, 2.75) is 6.92 Å². The van der Waals surface area contributed by atoms with E-state index >= 15 is 0 Å². The molecule has 3 aromatic rings. The van der Waals surface area contributed by atoms with Crippen LogP contribution in [0, 0.1) is 6.92 Å². The quantitative estimate of drug-likeness (QED) is 0.730. The first kappa shape index (κ1) is 13.2. The van der Waals surface area contributed by atoms with Crippen LogP contribution < -0.4 is 10.6 Å². The fraction of sp³-hybridized carbons (Fsp3) is 0.118.